The lowest BCUT2D eigenvalue weighted by Crippen LogP contribution is -2.66. The van der Waals surface area contributed by atoms with E-state index < -0.39 is 0 Å². The SMILES string of the molecule is CN(C)C[C@H]1[C@H]2C[C@H](CN(C(=O)Cc3ccc(F)cc3Cl)C2)[C@@H]2CCCCN21. The number of hydrogen-bond acceptors (Lipinski definition) is 3. The minimum absolute atomic E-state index is 0.121. The van der Waals surface area contributed by atoms with E-state index >= 15 is 0 Å². The standard InChI is InChI=1S/C22H31ClFN3O/c1-25(2)14-21-17-9-16(20-5-3-4-8-27(20)21)12-26(13-17)22(28)10-15-6-7-18(24)11-19(15)23/h6-7,11,16-17,20-21H,3-5,8-10,12-14H2,1-2H3/t16-,17+,20+,21+/m1/s1. The largest absolute Gasteiger partial charge is 0.342 e. The molecule has 4 rings (SSSR count). The number of carbonyl (C=O) groups excluding carboxylic acids is 1. The van der Waals surface area contributed by atoms with Crippen molar-refractivity contribution in [3.8, 4) is 0 Å². The van der Waals surface area contributed by atoms with Gasteiger partial charge >= 0.3 is 0 Å². The van der Waals surface area contributed by atoms with Gasteiger partial charge in [0.25, 0.3) is 0 Å². The van der Waals surface area contributed by atoms with Crippen molar-refractivity contribution in [2.75, 3.05) is 40.3 Å². The number of benzene rings is 1. The third-order valence-corrected chi connectivity index (χ3v) is 7.24. The van der Waals surface area contributed by atoms with Gasteiger partial charge in [-0.3, -0.25) is 9.69 Å². The van der Waals surface area contributed by atoms with Crippen LogP contribution in [0.15, 0.2) is 18.2 Å². The first-order chi connectivity index (χ1) is 13.4. The molecule has 1 amide bonds. The Balaban J connectivity index is 1.50. The number of carbonyl (C=O) groups is 1. The van der Waals surface area contributed by atoms with Crippen LogP contribution in [0, 0.1) is 17.7 Å². The summed E-state index contributed by atoms with van der Waals surface area (Å²) in [6, 6.07) is 5.45. The highest BCUT2D eigenvalue weighted by Gasteiger charge is 2.47. The average molecular weight is 408 g/mol. The Bertz CT molecular complexity index is 728. The third kappa shape index (κ3) is 4.07. The lowest BCUT2D eigenvalue weighted by molar-refractivity contribution is -0.140. The molecule has 4 nitrogen and oxygen atoms in total. The van der Waals surface area contributed by atoms with Gasteiger partial charge in [0.1, 0.15) is 5.82 Å². The molecular formula is C22H31ClFN3O. The smallest absolute Gasteiger partial charge is 0.227 e. The van der Waals surface area contributed by atoms with Crippen LogP contribution in [0.5, 0.6) is 0 Å². The summed E-state index contributed by atoms with van der Waals surface area (Å²) in [5, 5.41) is 0.342. The Morgan fingerprint density at radius 2 is 2.04 bits per heavy atom. The summed E-state index contributed by atoms with van der Waals surface area (Å²) in [6.07, 6.45) is 5.35. The summed E-state index contributed by atoms with van der Waals surface area (Å²) in [7, 11) is 4.29. The minimum Gasteiger partial charge on any atom is -0.342 e. The molecule has 0 radical (unpaired) electrons. The van der Waals surface area contributed by atoms with Crippen LogP contribution in [0.2, 0.25) is 5.02 Å². The second-order valence-corrected chi connectivity index (χ2v) is 9.50. The molecule has 3 heterocycles. The molecule has 3 saturated heterocycles. The Morgan fingerprint density at radius 1 is 1.25 bits per heavy atom. The van der Waals surface area contributed by atoms with Crippen LogP contribution >= 0.6 is 11.6 Å². The van der Waals surface area contributed by atoms with Crippen molar-refractivity contribution in [2.24, 2.45) is 11.8 Å². The number of likely N-dealkylation sites (tertiary alicyclic amines) is 1. The molecule has 2 bridgehead atoms. The highest BCUT2D eigenvalue weighted by atomic mass is 35.5. The maximum absolute atomic E-state index is 13.3. The van der Waals surface area contributed by atoms with Gasteiger partial charge in [0.15, 0.2) is 0 Å². The van der Waals surface area contributed by atoms with E-state index in [0.29, 0.717) is 34.5 Å². The van der Waals surface area contributed by atoms with Crippen LogP contribution in [-0.2, 0) is 11.2 Å². The van der Waals surface area contributed by atoms with Gasteiger partial charge in [-0.2, -0.15) is 0 Å². The van der Waals surface area contributed by atoms with Gasteiger partial charge in [-0.1, -0.05) is 24.1 Å². The van der Waals surface area contributed by atoms with E-state index in [1.807, 2.05) is 0 Å². The van der Waals surface area contributed by atoms with Crippen molar-refractivity contribution in [1.82, 2.24) is 14.7 Å². The fraction of sp³-hybridized carbons (Fsp3) is 0.682. The van der Waals surface area contributed by atoms with Crippen LogP contribution in [-0.4, -0.2) is 73.0 Å². The van der Waals surface area contributed by atoms with E-state index in [1.54, 1.807) is 6.07 Å². The Hall–Kier alpha value is -1.17. The molecule has 6 heteroatoms. The van der Waals surface area contributed by atoms with E-state index in [1.165, 1.54) is 44.4 Å². The molecule has 0 N–H and O–H groups in total. The first kappa shape index (κ1) is 20.1. The fourth-order valence-electron chi connectivity index (χ4n) is 5.68. The number of piperidine rings is 3. The molecule has 3 fully saturated rings. The van der Waals surface area contributed by atoms with Crippen LogP contribution in [0.1, 0.15) is 31.2 Å². The highest BCUT2D eigenvalue weighted by Crippen LogP contribution is 2.41. The van der Waals surface area contributed by atoms with Gasteiger partial charge in [-0.25, -0.2) is 4.39 Å². The molecule has 0 aliphatic carbocycles. The van der Waals surface area contributed by atoms with Crippen molar-refractivity contribution >= 4 is 17.5 Å². The van der Waals surface area contributed by atoms with Gasteiger partial charge in [-0.15, -0.1) is 0 Å². The van der Waals surface area contributed by atoms with Crippen molar-refractivity contribution in [3.63, 3.8) is 0 Å². The molecule has 0 aromatic heterocycles. The first-order valence-corrected chi connectivity index (χ1v) is 10.9. The average Bonchev–Trinajstić information content (AvgIpc) is 2.67. The molecule has 154 valence electrons. The fourth-order valence-corrected chi connectivity index (χ4v) is 5.91. The van der Waals surface area contributed by atoms with Gasteiger partial charge in [0.2, 0.25) is 5.91 Å². The summed E-state index contributed by atoms with van der Waals surface area (Å²) in [5.74, 6) is 0.863. The Labute approximate surface area is 172 Å². The molecule has 1 aromatic rings. The van der Waals surface area contributed by atoms with Crippen LogP contribution < -0.4 is 0 Å². The third-order valence-electron chi connectivity index (χ3n) is 6.88. The number of halogens is 2. The maximum Gasteiger partial charge on any atom is 0.227 e. The van der Waals surface area contributed by atoms with Gasteiger partial charge in [0.05, 0.1) is 6.42 Å². The second-order valence-electron chi connectivity index (χ2n) is 9.10. The number of nitrogens with zero attached hydrogens (tertiary/aromatic N) is 3. The second kappa shape index (κ2) is 8.29. The quantitative estimate of drug-likeness (QED) is 0.766. The Morgan fingerprint density at radius 3 is 2.79 bits per heavy atom. The highest BCUT2D eigenvalue weighted by molar-refractivity contribution is 6.31. The molecule has 28 heavy (non-hydrogen) atoms. The van der Waals surface area contributed by atoms with Crippen molar-refractivity contribution in [1.29, 1.82) is 0 Å². The monoisotopic (exact) mass is 407 g/mol. The minimum atomic E-state index is -0.363. The summed E-state index contributed by atoms with van der Waals surface area (Å²) < 4.78 is 13.3. The molecule has 0 unspecified atom stereocenters. The lowest BCUT2D eigenvalue weighted by atomic mass is 9.72. The van der Waals surface area contributed by atoms with E-state index in [2.05, 4.69) is 28.8 Å². The molecule has 3 aliphatic heterocycles. The normalized spacial score (nSPS) is 30.4. The van der Waals surface area contributed by atoms with Gasteiger partial charge in [0, 0.05) is 36.7 Å². The van der Waals surface area contributed by atoms with Crippen molar-refractivity contribution in [2.45, 2.75) is 44.2 Å². The zero-order chi connectivity index (χ0) is 19.8. The molecule has 1 aromatic carbocycles. The number of rotatable bonds is 4. The number of likely N-dealkylation sites (N-methyl/N-ethyl adjacent to an activating group) is 1. The van der Waals surface area contributed by atoms with Gasteiger partial charge < -0.3 is 9.80 Å². The van der Waals surface area contributed by atoms with E-state index in [0.717, 1.165) is 19.6 Å². The summed E-state index contributed by atoms with van der Waals surface area (Å²) in [6.45, 7) is 3.94. The zero-order valence-corrected chi connectivity index (χ0v) is 17.7. The van der Waals surface area contributed by atoms with Gasteiger partial charge in [-0.05, 0) is 69.4 Å². The predicted molar refractivity (Wildman–Crippen MR) is 110 cm³/mol. The molecule has 3 aliphatic rings. The van der Waals surface area contributed by atoms with Crippen molar-refractivity contribution < 1.29 is 9.18 Å². The number of hydrogen-bond donors (Lipinski definition) is 0. The van der Waals surface area contributed by atoms with Crippen LogP contribution in [0.3, 0.4) is 0 Å². The predicted octanol–water partition coefficient (Wildman–Crippen LogP) is 3.28. The Kier molecular flexibility index (Phi) is 5.96. The van der Waals surface area contributed by atoms with Crippen molar-refractivity contribution in [3.05, 3.63) is 34.6 Å². The zero-order valence-electron chi connectivity index (χ0n) is 16.9. The molecule has 4 atom stereocenters. The summed E-state index contributed by atoms with van der Waals surface area (Å²) >= 11 is 6.16. The lowest BCUT2D eigenvalue weighted by Gasteiger charge is -2.57. The van der Waals surface area contributed by atoms with Crippen LogP contribution in [0.25, 0.3) is 0 Å². The van der Waals surface area contributed by atoms with Crippen LogP contribution in [0.4, 0.5) is 4.39 Å². The van der Waals surface area contributed by atoms with E-state index in [9.17, 15) is 9.18 Å². The van der Waals surface area contributed by atoms with E-state index in [-0.39, 0.29) is 18.1 Å². The maximum atomic E-state index is 13.3. The summed E-state index contributed by atoms with van der Waals surface area (Å²) in [5.41, 5.74) is 0.716. The van der Waals surface area contributed by atoms with E-state index in [4.69, 9.17) is 11.6 Å². The topological polar surface area (TPSA) is 26.8 Å². The molecule has 0 spiro atoms. The molecule has 0 saturated carbocycles. The molecular weight excluding hydrogens is 377 g/mol. The number of amides is 1. The number of fused-ring (bicyclic) bond motifs is 4. The first-order valence-electron chi connectivity index (χ1n) is 10.5. The summed E-state index contributed by atoms with van der Waals surface area (Å²) in [4.78, 5) is 20.2.